The van der Waals surface area contributed by atoms with Crippen LogP contribution in [-0.4, -0.2) is 30.0 Å². The summed E-state index contributed by atoms with van der Waals surface area (Å²) in [6.45, 7) is 1.50. The van der Waals surface area contributed by atoms with Crippen LogP contribution in [0.15, 0.2) is 24.3 Å². The molecule has 1 aromatic rings. The van der Waals surface area contributed by atoms with Gasteiger partial charge in [0.25, 0.3) is 11.6 Å². The van der Waals surface area contributed by atoms with Gasteiger partial charge in [0.15, 0.2) is 0 Å². The molecule has 84 valence electrons. The van der Waals surface area contributed by atoms with Crippen molar-refractivity contribution in [2.45, 2.75) is 6.04 Å². The van der Waals surface area contributed by atoms with Crippen LogP contribution in [0, 0.1) is 10.1 Å². The maximum atomic E-state index is 11.7. The molecule has 1 aromatic carbocycles. The van der Waals surface area contributed by atoms with Gasteiger partial charge in [-0.25, -0.2) is 0 Å². The van der Waals surface area contributed by atoms with E-state index in [-0.39, 0.29) is 17.6 Å². The molecule has 0 radical (unpaired) electrons. The summed E-state index contributed by atoms with van der Waals surface area (Å²) in [4.78, 5) is 21.7. The van der Waals surface area contributed by atoms with Gasteiger partial charge < -0.3 is 10.6 Å². The number of rotatable bonds is 3. The Morgan fingerprint density at radius 3 is 2.81 bits per heavy atom. The maximum Gasteiger partial charge on any atom is 0.270 e. The highest BCUT2D eigenvalue weighted by Gasteiger charge is 2.20. The number of non-ortho nitro benzene ring substituents is 1. The van der Waals surface area contributed by atoms with Crippen LogP contribution >= 0.6 is 0 Å². The van der Waals surface area contributed by atoms with Crippen LogP contribution in [0.2, 0.25) is 0 Å². The van der Waals surface area contributed by atoms with E-state index >= 15 is 0 Å². The Kier molecular flexibility index (Phi) is 2.82. The van der Waals surface area contributed by atoms with Crippen molar-refractivity contribution in [3.05, 3.63) is 39.9 Å². The van der Waals surface area contributed by atoms with E-state index in [4.69, 9.17) is 0 Å². The van der Waals surface area contributed by atoms with E-state index in [0.717, 1.165) is 13.1 Å². The fraction of sp³-hybridized carbons (Fsp3) is 0.300. The number of nitrogens with zero attached hydrogens (tertiary/aromatic N) is 1. The van der Waals surface area contributed by atoms with Gasteiger partial charge in [-0.15, -0.1) is 0 Å². The molecule has 1 amide bonds. The maximum absolute atomic E-state index is 11.7. The molecule has 0 aliphatic carbocycles. The summed E-state index contributed by atoms with van der Waals surface area (Å²) in [5, 5.41) is 16.3. The minimum atomic E-state index is -0.512. The van der Waals surface area contributed by atoms with E-state index in [1.54, 1.807) is 6.07 Å². The first kappa shape index (κ1) is 10.6. The van der Waals surface area contributed by atoms with Gasteiger partial charge in [0, 0.05) is 30.8 Å². The third-order valence-electron chi connectivity index (χ3n) is 2.44. The number of nitrogens with one attached hydrogen (secondary N) is 2. The summed E-state index contributed by atoms with van der Waals surface area (Å²) in [6, 6.07) is 5.84. The highest BCUT2D eigenvalue weighted by atomic mass is 16.6. The molecule has 1 heterocycles. The van der Waals surface area contributed by atoms with Crippen molar-refractivity contribution in [3.8, 4) is 0 Å². The molecule has 16 heavy (non-hydrogen) atoms. The van der Waals surface area contributed by atoms with Crippen molar-refractivity contribution in [2.24, 2.45) is 0 Å². The van der Waals surface area contributed by atoms with Crippen molar-refractivity contribution < 1.29 is 9.72 Å². The summed E-state index contributed by atoms with van der Waals surface area (Å²) in [5.74, 6) is -0.268. The van der Waals surface area contributed by atoms with Crippen molar-refractivity contribution >= 4 is 11.6 Å². The van der Waals surface area contributed by atoms with Crippen LogP contribution in [0.5, 0.6) is 0 Å². The van der Waals surface area contributed by atoms with Gasteiger partial charge in [0.1, 0.15) is 0 Å². The number of nitro benzene ring substituents is 1. The van der Waals surface area contributed by atoms with Gasteiger partial charge in [-0.1, -0.05) is 6.07 Å². The third kappa shape index (κ3) is 2.17. The molecule has 0 bridgehead atoms. The average molecular weight is 221 g/mol. The highest BCUT2D eigenvalue weighted by molar-refractivity contribution is 5.95. The SMILES string of the molecule is O=C(NC1CNC1)c1cccc([N+](=O)[O-])c1. The molecule has 2 rings (SSSR count). The van der Waals surface area contributed by atoms with E-state index in [0.29, 0.717) is 5.56 Å². The molecule has 0 spiro atoms. The van der Waals surface area contributed by atoms with Crippen molar-refractivity contribution in [2.75, 3.05) is 13.1 Å². The lowest BCUT2D eigenvalue weighted by atomic mass is 10.1. The number of carbonyl (C=O) groups is 1. The number of nitro groups is 1. The predicted molar refractivity (Wildman–Crippen MR) is 57.2 cm³/mol. The monoisotopic (exact) mass is 221 g/mol. The van der Waals surface area contributed by atoms with Crippen LogP contribution in [0.1, 0.15) is 10.4 Å². The molecular weight excluding hydrogens is 210 g/mol. The van der Waals surface area contributed by atoms with Crippen molar-refractivity contribution in [3.63, 3.8) is 0 Å². The minimum absolute atomic E-state index is 0.0700. The standard InChI is InChI=1S/C10H11N3O3/c14-10(12-8-5-11-6-8)7-2-1-3-9(4-7)13(15)16/h1-4,8,11H,5-6H2,(H,12,14). The normalized spacial score (nSPS) is 15.2. The number of hydrogen-bond donors (Lipinski definition) is 2. The van der Waals surface area contributed by atoms with Crippen LogP contribution in [0.25, 0.3) is 0 Å². The van der Waals surface area contributed by atoms with Crippen LogP contribution in [-0.2, 0) is 0 Å². The molecule has 0 atom stereocenters. The second-order valence-corrected chi connectivity index (χ2v) is 3.64. The van der Waals surface area contributed by atoms with Crippen molar-refractivity contribution in [1.29, 1.82) is 0 Å². The molecular formula is C10H11N3O3. The zero-order chi connectivity index (χ0) is 11.5. The van der Waals surface area contributed by atoms with E-state index in [2.05, 4.69) is 10.6 Å². The van der Waals surface area contributed by atoms with Gasteiger partial charge in [0.05, 0.1) is 11.0 Å². The highest BCUT2D eigenvalue weighted by Crippen LogP contribution is 2.13. The first-order valence-corrected chi connectivity index (χ1v) is 4.93. The second-order valence-electron chi connectivity index (χ2n) is 3.64. The van der Waals surface area contributed by atoms with Crippen molar-refractivity contribution in [1.82, 2.24) is 10.6 Å². The van der Waals surface area contributed by atoms with Gasteiger partial charge in [-0.2, -0.15) is 0 Å². The van der Waals surface area contributed by atoms with Gasteiger partial charge in [0.2, 0.25) is 0 Å². The number of carbonyl (C=O) groups excluding carboxylic acids is 1. The minimum Gasteiger partial charge on any atom is -0.347 e. The fourth-order valence-corrected chi connectivity index (χ4v) is 1.42. The molecule has 2 N–H and O–H groups in total. The first-order valence-electron chi connectivity index (χ1n) is 4.93. The Labute approximate surface area is 91.8 Å². The summed E-state index contributed by atoms with van der Waals surface area (Å²) in [7, 11) is 0. The Morgan fingerprint density at radius 2 is 2.25 bits per heavy atom. The Balaban J connectivity index is 2.09. The van der Waals surface area contributed by atoms with Crippen LogP contribution < -0.4 is 10.6 Å². The lowest BCUT2D eigenvalue weighted by Gasteiger charge is -2.27. The van der Waals surface area contributed by atoms with E-state index in [1.165, 1.54) is 18.2 Å². The lowest BCUT2D eigenvalue weighted by Crippen LogP contribution is -2.56. The number of amides is 1. The third-order valence-corrected chi connectivity index (χ3v) is 2.44. The lowest BCUT2D eigenvalue weighted by molar-refractivity contribution is -0.384. The van der Waals surface area contributed by atoms with E-state index in [9.17, 15) is 14.9 Å². The summed E-state index contributed by atoms with van der Waals surface area (Å²) < 4.78 is 0. The summed E-state index contributed by atoms with van der Waals surface area (Å²) in [6.07, 6.45) is 0. The zero-order valence-electron chi connectivity index (χ0n) is 8.47. The molecule has 0 unspecified atom stereocenters. The van der Waals surface area contributed by atoms with Gasteiger partial charge in [-0.05, 0) is 6.07 Å². The fourth-order valence-electron chi connectivity index (χ4n) is 1.42. The summed E-state index contributed by atoms with van der Waals surface area (Å²) in [5.41, 5.74) is 0.250. The molecule has 6 heteroatoms. The molecule has 1 fully saturated rings. The largest absolute Gasteiger partial charge is 0.347 e. The second kappa shape index (κ2) is 4.28. The molecule has 0 saturated carbocycles. The molecule has 6 nitrogen and oxygen atoms in total. The van der Waals surface area contributed by atoms with Crippen LogP contribution in [0.4, 0.5) is 5.69 Å². The molecule has 1 aliphatic rings. The van der Waals surface area contributed by atoms with Gasteiger partial charge >= 0.3 is 0 Å². The summed E-state index contributed by atoms with van der Waals surface area (Å²) >= 11 is 0. The zero-order valence-corrected chi connectivity index (χ0v) is 8.47. The number of benzene rings is 1. The Hall–Kier alpha value is -1.95. The van der Waals surface area contributed by atoms with Gasteiger partial charge in [-0.3, -0.25) is 14.9 Å². The topological polar surface area (TPSA) is 84.3 Å². The van der Waals surface area contributed by atoms with Crippen LogP contribution in [0.3, 0.4) is 0 Å². The van der Waals surface area contributed by atoms with E-state index < -0.39 is 4.92 Å². The molecule has 1 aliphatic heterocycles. The van der Waals surface area contributed by atoms with E-state index in [1.807, 2.05) is 0 Å². The quantitative estimate of drug-likeness (QED) is 0.567. The molecule has 0 aromatic heterocycles. The first-order chi connectivity index (χ1) is 7.66. The average Bonchev–Trinajstić information content (AvgIpc) is 2.23. The number of hydrogen-bond acceptors (Lipinski definition) is 4. The Morgan fingerprint density at radius 1 is 1.50 bits per heavy atom. The molecule has 1 saturated heterocycles. The smallest absolute Gasteiger partial charge is 0.270 e. The predicted octanol–water partition coefficient (Wildman–Crippen LogP) is 0.296. The Bertz CT molecular complexity index is 429.